The van der Waals surface area contributed by atoms with Gasteiger partial charge in [0, 0.05) is 12.6 Å². The zero-order chi connectivity index (χ0) is 14.0. The average molecular weight is 276 g/mol. The summed E-state index contributed by atoms with van der Waals surface area (Å²) in [5.74, 6) is 0.106. The SMILES string of the molecule is Cc1ccc(C)c(C(=O)C(C)Sc2nnnn2C)c1. The molecule has 0 amide bonds. The number of hydrogen-bond acceptors (Lipinski definition) is 5. The highest BCUT2D eigenvalue weighted by atomic mass is 32.2. The first kappa shape index (κ1) is 13.7. The smallest absolute Gasteiger partial charge is 0.209 e. The van der Waals surface area contributed by atoms with E-state index < -0.39 is 0 Å². The van der Waals surface area contributed by atoms with E-state index in [1.54, 1.807) is 11.7 Å². The van der Waals surface area contributed by atoms with Crippen LogP contribution in [0.2, 0.25) is 0 Å². The van der Waals surface area contributed by atoms with Gasteiger partial charge < -0.3 is 0 Å². The summed E-state index contributed by atoms with van der Waals surface area (Å²) in [5.41, 5.74) is 2.86. The van der Waals surface area contributed by atoms with Gasteiger partial charge in [-0.25, -0.2) is 4.68 Å². The Balaban J connectivity index is 2.19. The second-order valence-electron chi connectivity index (χ2n) is 4.53. The van der Waals surface area contributed by atoms with Crippen molar-refractivity contribution in [2.45, 2.75) is 31.2 Å². The molecule has 0 spiro atoms. The molecule has 2 aromatic rings. The number of benzene rings is 1. The molecular formula is C13H16N4OS. The molecule has 0 fully saturated rings. The van der Waals surface area contributed by atoms with Crippen molar-refractivity contribution in [1.29, 1.82) is 0 Å². The molecule has 1 unspecified atom stereocenters. The highest BCUT2D eigenvalue weighted by Crippen LogP contribution is 2.24. The van der Waals surface area contributed by atoms with Crippen LogP contribution in [0.5, 0.6) is 0 Å². The minimum absolute atomic E-state index is 0.106. The molecule has 0 saturated heterocycles. The molecule has 19 heavy (non-hydrogen) atoms. The predicted octanol–water partition coefficient (Wildman–Crippen LogP) is 2.19. The highest BCUT2D eigenvalue weighted by molar-refractivity contribution is 8.00. The maximum absolute atomic E-state index is 12.5. The number of ketones is 1. The molecular weight excluding hydrogens is 260 g/mol. The van der Waals surface area contributed by atoms with Gasteiger partial charge in [0.2, 0.25) is 5.16 Å². The molecule has 1 atom stereocenters. The van der Waals surface area contributed by atoms with E-state index in [0.29, 0.717) is 5.16 Å². The van der Waals surface area contributed by atoms with Crippen LogP contribution in [-0.2, 0) is 7.05 Å². The van der Waals surface area contributed by atoms with Gasteiger partial charge in [0.05, 0.1) is 5.25 Å². The summed E-state index contributed by atoms with van der Waals surface area (Å²) in [6, 6.07) is 5.92. The number of carbonyl (C=O) groups is 1. The maximum atomic E-state index is 12.5. The quantitative estimate of drug-likeness (QED) is 0.633. The fourth-order valence-corrected chi connectivity index (χ4v) is 2.58. The Bertz CT molecular complexity index is 608. The molecule has 0 aliphatic carbocycles. The lowest BCUT2D eigenvalue weighted by Crippen LogP contribution is -2.16. The Morgan fingerprint density at radius 3 is 2.74 bits per heavy atom. The number of nitrogens with zero attached hydrogens (tertiary/aromatic N) is 4. The fraction of sp³-hybridized carbons (Fsp3) is 0.385. The van der Waals surface area contributed by atoms with Gasteiger partial charge in [-0.15, -0.1) is 5.10 Å². The highest BCUT2D eigenvalue weighted by Gasteiger charge is 2.20. The van der Waals surface area contributed by atoms with E-state index in [-0.39, 0.29) is 11.0 Å². The number of thioether (sulfide) groups is 1. The van der Waals surface area contributed by atoms with E-state index in [1.165, 1.54) is 11.8 Å². The van der Waals surface area contributed by atoms with Crippen molar-refractivity contribution >= 4 is 17.5 Å². The first-order valence-electron chi connectivity index (χ1n) is 5.99. The molecule has 0 saturated carbocycles. The molecule has 0 aliphatic heterocycles. The van der Waals surface area contributed by atoms with Gasteiger partial charge >= 0.3 is 0 Å². The average Bonchev–Trinajstić information content (AvgIpc) is 2.77. The van der Waals surface area contributed by atoms with Gasteiger partial charge in [0.1, 0.15) is 0 Å². The zero-order valence-electron chi connectivity index (χ0n) is 11.4. The summed E-state index contributed by atoms with van der Waals surface area (Å²) in [6.45, 7) is 5.82. The summed E-state index contributed by atoms with van der Waals surface area (Å²) in [4.78, 5) is 12.5. The molecule has 2 rings (SSSR count). The molecule has 100 valence electrons. The normalized spacial score (nSPS) is 12.4. The van der Waals surface area contributed by atoms with Crippen LogP contribution in [0.1, 0.15) is 28.4 Å². The van der Waals surface area contributed by atoms with Crippen LogP contribution >= 0.6 is 11.8 Å². The predicted molar refractivity (Wildman–Crippen MR) is 74.4 cm³/mol. The van der Waals surface area contributed by atoms with Crippen LogP contribution in [0.15, 0.2) is 23.4 Å². The number of hydrogen-bond donors (Lipinski definition) is 0. The van der Waals surface area contributed by atoms with Crippen molar-refractivity contribution < 1.29 is 4.79 Å². The van der Waals surface area contributed by atoms with E-state index in [1.807, 2.05) is 39.0 Å². The Morgan fingerprint density at radius 1 is 1.37 bits per heavy atom. The standard InChI is InChI=1S/C13H16N4OS/c1-8-5-6-9(2)11(7-8)12(18)10(3)19-13-14-15-16-17(13)4/h5-7,10H,1-4H3. The van der Waals surface area contributed by atoms with Gasteiger partial charge in [-0.3, -0.25) is 4.79 Å². The van der Waals surface area contributed by atoms with Crippen molar-refractivity contribution in [2.75, 3.05) is 0 Å². The first-order chi connectivity index (χ1) is 8.99. The van der Waals surface area contributed by atoms with E-state index >= 15 is 0 Å². The van der Waals surface area contributed by atoms with Gasteiger partial charge in [0.15, 0.2) is 5.78 Å². The Kier molecular flexibility index (Phi) is 3.99. The number of Topliss-reactive ketones (excluding diaryl/α,β-unsaturated/α-hetero) is 1. The van der Waals surface area contributed by atoms with Gasteiger partial charge in [-0.05, 0) is 42.8 Å². The van der Waals surface area contributed by atoms with Crippen molar-refractivity contribution in [3.05, 3.63) is 34.9 Å². The maximum Gasteiger partial charge on any atom is 0.209 e. The van der Waals surface area contributed by atoms with Crippen LogP contribution in [0.25, 0.3) is 0 Å². The summed E-state index contributed by atoms with van der Waals surface area (Å²) < 4.78 is 1.57. The summed E-state index contributed by atoms with van der Waals surface area (Å²) >= 11 is 1.37. The van der Waals surface area contributed by atoms with Crippen molar-refractivity contribution in [3.63, 3.8) is 0 Å². The summed E-state index contributed by atoms with van der Waals surface area (Å²) in [6.07, 6.45) is 0. The molecule has 1 aromatic heterocycles. The topological polar surface area (TPSA) is 60.7 Å². The Morgan fingerprint density at radius 2 is 2.11 bits per heavy atom. The van der Waals surface area contributed by atoms with Gasteiger partial charge in [-0.2, -0.15) is 0 Å². The van der Waals surface area contributed by atoms with E-state index in [2.05, 4.69) is 15.5 Å². The van der Waals surface area contributed by atoms with Gasteiger partial charge in [0.25, 0.3) is 0 Å². The second-order valence-corrected chi connectivity index (χ2v) is 5.84. The number of carbonyl (C=O) groups excluding carboxylic acids is 1. The van der Waals surface area contributed by atoms with E-state index in [4.69, 9.17) is 0 Å². The number of aromatic nitrogens is 4. The summed E-state index contributed by atoms with van der Waals surface area (Å²) in [5, 5.41) is 11.6. The van der Waals surface area contributed by atoms with Crippen molar-refractivity contribution in [1.82, 2.24) is 20.2 Å². The molecule has 1 aromatic carbocycles. The molecule has 5 nitrogen and oxygen atoms in total. The largest absolute Gasteiger partial charge is 0.293 e. The van der Waals surface area contributed by atoms with Crippen LogP contribution in [0.3, 0.4) is 0 Å². The summed E-state index contributed by atoms with van der Waals surface area (Å²) in [7, 11) is 1.76. The molecule has 0 radical (unpaired) electrons. The fourth-order valence-electron chi connectivity index (χ4n) is 1.75. The van der Waals surface area contributed by atoms with E-state index in [9.17, 15) is 4.79 Å². The third-order valence-electron chi connectivity index (χ3n) is 2.89. The molecule has 1 heterocycles. The number of rotatable bonds is 4. The van der Waals surface area contributed by atoms with Crippen LogP contribution in [-0.4, -0.2) is 31.2 Å². The Labute approximate surface area is 116 Å². The lowest BCUT2D eigenvalue weighted by atomic mass is 10.0. The molecule has 0 aliphatic rings. The van der Waals surface area contributed by atoms with Gasteiger partial charge in [-0.1, -0.05) is 29.5 Å². The first-order valence-corrected chi connectivity index (χ1v) is 6.87. The third kappa shape index (κ3) is 3.01. The van der Waals surface area contributed by atoms with Crippen molar-refractivity contribution in [2.24, 2.45) is 7.05 Å². The minimum atomic E-state index is -0.217. The van der Waals surface area contributed by atoms with Crippen LogP contribution < -0.4 is 0 Å². The third-order valence-corrected chi connectivity index (χ3v) is 4.02. The number of aryl methyl sites for hydroxylation is 3. The Hall–Kier alpha value is -1.69. The molecule has 6 heteroatoms. The van der Waals surface area contributed by atoms with E-state index in [0.717, 1.165) is 16.7 Å². The van der Waals surface area contributed by atoms with Crippen LogP contribution in [0, 0.1) is 13.8 Å². The lowest BCUT2D eigenvalue weighted by Gasteiger charge is -2.11. The second kappa shape index (κ2) is 5.52. The minimum Gasteiger partial charge on any atom is -0.293 e. The monoisotopic (exact) mass is 276 g/mol. The lowest BCUT2D eigenvalue weighted by molar-refractivity contribution is 0.0993. The molecule has 0 bridgehead atoms. The zero-order valence-corrected chi connectivity index (χ0v) is 12.2. The van der Waals surface area contributed by atoms with Crippen molar-refractivity contribution in [3.8, 4) is 0 Å². The number of tetrazole rings is 1. The van der Waals surface area contributed by atoms with Crippen LogP contribution in [0.4, 0.5) is 0 Å². The molecule has 0 N–H and O–H groups in total.